The molecule has 0 unspecified atom stereocenters. The molecule has 0 saturated heterocycles. The van der Waals surface area contributed by atoms with Crippen LogP contribution in [-0.4, -0.2) is 6.26 Å². The summed E-state index contributed by atoms with van der Waals surface area (Å²) < 4.78 is 0. The fraction of sp³-hybridized carbons (Fsp3) is 0.0769. The Hall–Kier alpha value is -1.32. The van der Waals surface area contributed by atoms with Crippen LogP contribution in [0.3, 0.4) is 0 Å². The minimum absolute atomic E-state index is 0.670. The number of benzene rings is 2. The van der Waals surface area contributed by atoms with E-state index in [0.717, 1.165) is 11.4 Å². The van der Waals surface area contributed by atoms with E-state index in [0.29, 0.717) is 10.7 Å². The van der Waals surface area contributed by atoms with Crippen LogP contribution in [0, 0.1) is 0 Å². The monoisotopic (exact) mass is 264 g/mol. The zero-order valence-electron chi connectivity index (χ0n) is 9.41. The quantitative estimate of drug-likeness (QED) is 0.638. The summed E-state index contributed by atoms with van der Waals surface area (Å²) in [6.45, 7) is 0. The molecule has 88 valence electrons. The number of nitrogens with two attached hydrogens (primary N) is 1. The molecule has 0 bridgehead atoms. The van der Waals surface area contributed by atoms with Gasteiger partial charge in [0.1, 0.15) is 0 Å². The molecule has 0 amide bonds. The maximum absolute atomic E-state index is 5.96. The van der Waals surface area contributed by atoms with Crippen molar-refractivity contribution in [3.63, 3.8) is 0 Å². The Bertz CT molecular complexity index is 529. The second kappa shape index (κ2) is 5.34. The van der Waals surface area contributed by atoms with E-state index < -0.39 is 0 Å². The van der Waals surface area contributed by atoms with E-state index in [4.69, 9.17) is 17.3 Å². The Balaban J connectivity index is 2.34. The van der Waals surface area contributed by atoms with Gasteiger partial charge in [0.05, 0.1) is 17.1 Å². The first kappa shape index (κ1) is 12.1. The Kier molecular flexibility index (Phi) is 3.82. The number of nitrogen functional groups attached to an aromatic ring is 1. The van der Waals surface area contributed by atoms with Gasteiger partial charge in [0, 0.05) is 9.92 Å². The lowest BCUT2D eigenvalue weighted by atomic mass is 10.2. The third kappa shape index (κ3) is 2.87. The predicted octanol–water partition coefficient (Wildman–Crippen LogP) is 4.39. The summed E-state index contributed by atoms with van der Waals surface area (Å²) in [4.78, 5) is 1.17. The molecule has 0 atom stereocenters. The largest absolute Gasteiger partial charge is 0.397 e. The van der Waals surface area contributed by atoms with E-state index in [1.807, 2.05) is 30.5 Å². The van der Waals surface area contributed by atoms with Crippen LogP contribution in [0.5, 0.6) is 0 Å². The van der Waals surface area contributed by atoms with Gasteiger partial charge < -0.3 is 11.1 Å². The molecule has 0 heterocycles. The molecule has 0 fully saturated rings. The second-order valence-electron chi connectivity index (χ2n) is 3.56. The number of rotatable bonds is 3. The molecule has 2 aromatic carbocycles. The van der Waals surface area contributed by atoms with Crippen LogP contribution in [0.15, 0.2) is 47.4 Å². The Labute approximate surface area is 110 Å². The van der Waals surface area contributed by atoms with Crippen LogP contribution in [0.25, 0.3) is 0 Å². The van der Waals surface area contributed by atoms with Crippen LogP contribution >= 0.6 is 23.4 Å². The van der Waals surface area contributed by atoms with Crippen LogP contribution in [0.2, 0.25) is 5.02 Å². The van der Waals surface area contributed by atoms with Crippen LogP contribution in [0.4, 0.5) is 17.1 Å². The van der Waals surface area contributed by atoms with E-state index in [1.165, 1.54) is 4.90 Å². The summed E-state index contributed by atoms with van der Waals surface area (Å²) in [7, 11) is 0. The minimum atomic E-state index is 0.670. The first-order valence-corrected chi connectivity index (χ1v) is 6.76. The molecule has 2 nitrogen and oxygen atoms in total. The number of hydrogen-bond donors (Lipinski definition) is 2. The number of thioether (sulfide) groups is 1. The molecule has 0 aliphatic carbocycles. The van der Waals surface area contributed by atoms with Gasteiger partial charge in [-0.2, -0.15) is 0 Å². The van der Waals surface area contributed by atoms with E-state index in [9.17, 15) is 0 Å². The van der Waals surface area contributed by atoms with Crippen molar-refractivity contribution < 1.29 is 0 Å². The van der Waals surface area contributed by atoms with Crippen LogP contribution in [0.1, 0.15) is 0 Å². The molecular formula is C13H13ClN2S. The Morgan fingerprint density at radius 2 is 1.88 bits per heavy atom. The minimum Gasteiger partial charge on any atom is -0.397 e. The molecule has 2 aromatic rings. The molecule has 3 N–H and O–H groups in total. The number of nitrogens with one attached hydrogen (secondary N) is 1. The van der Waals surface area contributed by atoms with E-state index in [-0.39, 0.29) is 0 Å². The average Bonchev–Trinajstić information content (AvgIpc) is 2.34. The average molecular weight is 265 g/mol. The molecule has 0 spiro atoms. The summed E-state index contributed by atoms with van der Waals surface area (Å²) in [6, 6.07) is 13.5. The van der Waals surface area contributed by atoms with Crippen LogP contribution in [-0.2, 0) is 0 Å². The molecule has 0 aromatic heterocycles. The van der Waals surface area contributed by atoms with Crippen molar-refractivity contribution in [2.24, 2.45) is 0 Å². The SMILES string of the molecule is CSc1ccccc1Nc1cc(Cl)ccc1N. The lowest BCUT2D eigenvalue weighted by Crippen LogP contribution is -1.97. The normalized spacial score (nSPS) is 10.2. The molecule has 17 heavy (non-hydrogen) atoms. The van der Waals surface area contributed by atoms with Crippen molar-refractivity contribution in [3.05, 3.63) is 47.5 Å². The summed E-state index contributed by atoms with van der Waals surface area (Å²) in [5.41, 5.74) is 8.45. The smallest absolute Gasteiger partial charge is 0.0633 e. The van der Waals surface area contributed by atoms with Crippen molar-refractivity contribution in [2.45, 2.75) is 4.90 Å². The molecule has 0 radical (unpaired) electrons. The number of hydrogen-bond acceptors (Lipinski definition) is 3. The molecule has 0 aliphatic rings. The third-order valence-electron chi connectivity index (χ3n) is 2.39. The van der Waals surface area contributed by atoms with Crippen molar-refractivity contribution in [2.75, 3.05) is 17.3 Å². The van der Waals surface area contributed by atoms with E-state index in [2.05, 4.69) is 11.4 Å². The van der Waals surface area contributed by atoms with E-state index >= 15 is 0 Å². The van der Waals surface area contributed by atoms with Crippen molar-refractivity contribution >= 4 is 40.4 Å². The van der Waals surface area contributed by atoms with Crippen molar-refractivity contribution in [1.29, 1.82) is 0 Å². The highest BCUT2D eigenvalue weighted by atomic mass is 35.5. The molecule has 0 aliphatic heterocycles. The number of para-hydroxylation sites is 1. The number of halogens is 1. The Morgan fingerprint density at radius 3 is 2.65 bits per heavy atom. The fourth-order valence-electron chi connectivity index (χ4n) is 1.53. The molecule has 0 saturated carbocycles. The summed E-state index contributed by atoms with van der Waals surface area (Å²) in [5, 5.41) is 3.97. The summed E-state index contributed by atoms with van der Waals surface area (Å²) >= 11 is 7.64. The molecular weight excluding hydrogens is 252 g/mol. The first-order chi connectivity index (χ1) is 8.20. The van der Waals surface area contributed by atoms with Gasteiger partial charge in [-0.15, -0.1) is 11.8 Å². The lowest BCUT2D eigenvalue weighted by molar-refractivity contribution is 1.42. The molecule has 4 heteroatoms. The lowest BCUT2D eigenvalue weighted by Gasteiger charge is -2.12. The fourth-order valence-corrected chi connectivity index (χ4v) is 2.26. The van der Waals surface area contributed by atoms with Gasteiger partial charge in [0.15, 0.2) is 0 Å². The zero-order chi connectivity index (χ0) is 12.3. The van der Waals surface area contributed by atoms with Crippen molar-refractivity contribution in [3.8, 4) is 0 Å². The Morgan fingerprint density at radius 1 is 1.12 bits per heavy atom. The van der Waals surface area contributed by atoms with Gasteiger partial charge in [-0.25, -0.2) is 0 Å². The third-order valence-corrected chi connectivity index (χ3v) is 3.42. The standard InChI is InChI=1S/C13H13ClN2S/c1-17-13-5-3-2-4-11(13)16-12-8-9(14)6-7-10(12)15/h2-8,16H,15H2,1H3. The first-order valence-electron chi connectivity index (χ1n) is 5.16. The topological polar surface area (TPSA) is 38.0 Å². The van der Waals surface area contributed by atoms with Crippen LogP contribution < -0.4 is 11.1 Å². The highest BCUT2D eigenvalue weighted by Crippen LogP contribution is 2.31. The highest BCUT2D eigenvalue weighted by Gasteiger charge is 2.04. The van der Waals surface area contributed by atoms with E-state index in [1.54, 1.807) is 23.9 Å². The van der Waals surface area contributed by atoms with Gasteiger partial charge in [-0.1, -0.05) is 23.7 Å². The highest BCUT2D eigenvalue weighted by molar-refractivity contribution is 7.98. The van der Waals surface area contributed by atoms with Gasteiger partial charge in [0.2, 0.25) is 0 Å². The van der Waals surface area contributed by atoms with Gasteiger partial charge >= 0.3 is 0 Å². The van der Waals surface area contributed by atoms with Crippen molar-refractivity contribution in [1.82, 2.24) is 0 Å². The van der Waals surface area contributed by atoms with Gasteiger partial charge in [0.25, 0.3) is 0 Å². The number of anilines is 3. The maximum atomic E-state index is 5.96. The summed E-state index contributed by atoms with van der Waals surface area (Å²) in [5.74, 6) is 0. The predicted molar refractivity (Wildman–Crippen MR) is 77.4 cm³/mol. The van der Waals surface area contributed by atoms with Gasteiger partial charge in [-0.3, -0.25) is 0 Å². The second-order valence-corrected chi connectivity index (χ2v) is 4.84. The maximum Gasteiger partial charge on any atom is 0.0633 e. The molecule has 2 rings (SSSR count). The van der Waals surface area contributed by atoms with Gasteiger partial charge in [-0.05, 0) is 36.6 Å². The zero-order valence-corrected chi connectivity index (χ0v) is 11.0. The summed E-state index contributed by atoms with van der Waals surface area (Å²) in [6.07, 6.45) is 2.04.